The number of benzene rings is 2. The van der Waals surface area contributed by atoms with Crippen molar-refractivity contribution in [2.75, 3.05) is 7.11 Å². The van der Waals surface area contributed by atoms with Gasteiger partial charge in [-0.2, -0.15) is 0 Å². The van der Waals surface area contributed by atoms with E-state index in [-0.39, 0.29) is 27.0 Å². The summed E-state index contributed by atoms with van der Waals surface area (Å²) in [5.74, 6) is 0.0393. The third-order valence-corrected chi connectivity index (χ3v) is 4.11. The summed E-state index contributed by atoms with van der Waals surface area (Å²) in [5.41, 5.74) is 0.504. The lowest BCUT2D eigenvalue weighted by molar-refractivity contribution is 0.103. The van der Waals surface area contributed by atoms with Gasteiger partial charge >= 0.3 is 0 Å². The van der Waals surface area contributed by atoms with Crippen molar-refractivity contribution in [3.8, 4) is 5.75 Å². The Hall–Kier alpha value is -0.930. The van der Waals surface area contributed by atoms with E-state index in [9.17, 15) is 4.79 Å². The number of methoxy groups -OCH3 is 1. The van der Waals surface area contributed by atoms with Gasteiger partial charge in [-0.1, -0.05) is 52.5 Å². The standard InChI is InChI=1S/C14H8Cl4O2/c1-20-12-6-10(16)8(5-11(12)17)14(19)7-3-2-4-9(15)13(7)18/h2-6H,1H3. The number of carbonyl (C=O) groups excluding carboxylic acids is 1. The van der Waals surface area contributed by atoms with Crippen molar-refractivity contribution in [2.45, 2.75) is 0 Å². The summed E-state index contributed by atoms with van der Waals surface area (Å²) in [6.45, 7) is 0. The second kappa shape index (κ2) is 6.23. The van der Waals surface area contributed by atoms with Crippen molar-refractivity contribution in [1.29, 1.82) is 0 Å². The Labute approximate surface area is 136 Å². The highest BCUT2D eigenvalue weighted by Gasteiger charge is 2.19. The number of carbonyl (C=O) groups is 1. The van der Waals surface area contributed by atoms with Crippen LogP contribution in [0, 0.1) is 0 Å². The summed E-state index contributed by atoms with van der Waals surface area (Å²) < 4.78 is 5.03. The van der Waals surface area contributed by atoms with Crippen LogP contribution in [0.2, 0.25) is 20.1 Å². The molecule has 0 radical (unpaired) electrons. The SMILES string of the molecule is COc1cc(Cl)c(C(=O)c2cccc(Cl)c2Cl)cc1Cl. The summed E-state index contributed by atoms with van der Waals surface area (Å²) >= 11 is 24.0. The zero-order valence-corrected chi connectivity index (χ0v) is 13.2. The lowest BCUT2D eigenvalue weighted by Gasteiger charge is -2.09. The molecule has 6 heteroatoms. The maximum absolute atomic E-state index is 12.5. The van der Waals surface area contributed by atoms with Crippen LogP contribution >= 0.6 is 46.4 Å². The van der Waals surface area contributed by atoms with Gasteiger partial charge in [0.25, 0.3) is 0 Å². The summed E-state index contributed by atoms with van der Waals surface area (Å²) in [6, 6.07) is 7.74. The van der Waals surface area contributed by atoms with Crippen LogP contribution in [-0.2, 0) is 0 Å². The summed E-state index contributed by atoms with van der Waals surface area (Å²) in [4.78, 5) is 12.5. The van der Waals surface area contributed by atoms with E-state index in [1.165, 1.54) is 19.2 Å². The molecule has 0 saturated carbocycles. The minimum atomic E-state index is -0.355. The van der Waals surface area contributed by atoms with Crippen LogP contribution in [0.15, 0.2) is 30.3 Å². The van der Waals surface area contributed by atoms with E-state index in [1.807, 2.05) is 0 Å². The van der Waals surface area contributed by atoms with Crippen molar-refractivity contribution in [1.82, 2.24) is 0 Å². The average Bonchev–Trinajstić information content (AvgIpc) is 2.43. The molecule has 0 aliphatic carbocycles. The molecule has 0 spiro atoms. The summed E-state index contributed by atoms with van der Waals surface area (Å²) in [7, 11) is 1.47. The molecule has 0 aliphatic heterocycles. The first-order valence-electron chi connectivity index (χ1n) is 5.47. The highest BCUT2D eigenvalue weighted by Crippen LogP contribution is 2.34. The maximum atomic E-state index is 12.5. The first kappa shape index (κ1) is 15.5. The van der Waals surface area contributed by atoms with Gasteiger partial charge in [0.2, 0.25) is 0 Å². The van der Waals surface area contributed by atoms with Crippen molar-refractivity contribution >= 4 is 52.2 Å². The second-order valence-electron chi connectivity index (χ2n) is 3.90. The Morgan fingerprint density at radius 1 is 0.950 bits per heavy atom. The lowest BCUT2D eigenvalue weighted by atomic mass is 10.0. The van der Waals surface area contributed by atoms with E-state index in [2.05, 4.69) is 0 Å². The molecule has 2 aromatic rings. The van der Waals surface area contributed by atoms with Crippen LogP contribution in [0.25, 0.3) is 0 Å². The Morgan fingerprint density at radius 3 is 2.30 bits per heavy atom. The Balaban J connectivity index is 2.54. The molecule has 0 aliphatic rings. The topological polar surface area (TPSA) is 26.3 Å². The predicted molar refractivity (Wildman–Crippen MR) is 82.9 cm³/mol. The molecular formula is C14H8Cl4O2. The van der Waals surface area contributed by atoms with E-state index in [0.29, 0.717) is 15.8 Å². The number of hydrogen-bond donors (Lipinski definition) is 0. The van der Waals surface area contributed by atoms with E-state index in [4.69, 9.17) is 51.1 Å². The molecule has 20 heavy (non-hydrogen) atoms. The largest absolute Gasteiger partial charge is 0.495 e. The molecule has 0 unspecified atom stereocenters. The van der Waals surface area contributed by atoms with Gasteiger partial charge in [-0.15, -0.1) is 0 Å². The number of ether oxygens (including phenoxy) is 1. The minimum Gasteiger partial charge on any atom is -0.495 e. The van der Waals surface area contributed by atoms with Gasteiger partial charge < -0.3 is 4.74 Å². The molecule has 2 nitrogen and oxygen atoms in total. The van der Waals surface area contributed by atoms with Crippen LogP contribution in [0.1, 0.15) is 15.9 Å². The third-order valence-electron chi connectivity index (χ3n) is 2.68. The molecule has 2 rings (SSSR count). The molecular weight excluding hydrogens is 342 g/mol. The van der Waals surface area contributed by atoms with Crippen molar-refractivity contribution in [3.05, 3.63) is 61.5 Å². The predicted octanol–water partition coefficient (Wildman–Crippen LogP) is 5.54. The van der Waals surface area contributed by atoms with E-state index in [1.54, 1.807) is 18.2 Å². The number of rotatable bonds is 3. The van der Waals surface area contributed by atoms with Crippen LogP contribution in [-0.4, -0.2) is 12.9 Å². The third kappa shape index (κ3) is 2.89. The highest BCUT2D eigenvalue weighted by atomic mass is 35.5. The fourth-order valence-corrected chi connectivity index (χ4v) is 2.55. The average molecular weight is 350 g/mol. The summed E-state index contributed by atoms with van der Waals surface area (Å²) in [6.07, 6.45) is 0. The Bertz CT molecular complexity index is 683. The van der Waals surface area contributed by atoms with Gasteiger partial charge in [-0.3, -0.25) is 4.79 Å². The fourth-order valence-electron chi connectivity index (χ4n) is 1.68. The normalized spacial score (nSPS) is 10.4. The molecule has 0 N–H and O–H groups in total. The van der Waals surface area contributed by atoms with Gasteiger partial charge in [-0.05, 0) is 18.2 Å². The molecule has 104 valence electrons. The van der Waals surface area contributed by atoms with Gasteiger partial charge in [-0.25, -0.2) is 0 Å². The molecule has 2 aromatic carbocycles. The van der Waals surface area contributed by atoms with E-state index >= 15 is 0 Å². The molecule has 0 bridgehead atoms. The number of hydrogen-bond acceptors (Lipinski definition) is 2. The van der Waals surface area contributed by atoms with Crippen molar-refractivity contribution in [2.24, 2.45) is 0 Å². The molecule has 0 aromatic heterocycles. The number of halogens is 4. The van der Waals surface area contributed by atoms with E-state index < -0.39 is 0 Å². The van der Waals surface area contributed by atoms with Gasteiger partial charge in [0, 0.05) is 17.2 Å². The zero-order chi connectivity index (χ0) is 14.9. The Morgan fingerprint density at radius 2 is 1.65 bits per heavy atom. The summed E-state index contributed by atoms with van der Waals surface area (Å²) in [5, 5.41) is 1.00. The molecule has 0 atom stereocenters. The minimum absolute atomic E-state index is 0.183. The lowest BCUT2D eigenvalue weighted by Crippen LogP contribution is -2.04. The van der Waals surface area contributed by atoms with E-state index in [0.717, 1.165) is 0 Å². The second-order valence-corrected chi connectivity index (χ2v) is 5.50. The smallest absolute Gasteiger partial charge is 0.196 e. The number of ketones is 1. The van der Waals surface area contributed by atoms with Crippen molar-refractivity contribution < 1.29 is 9.53 Å². The van der Waals surface area contributed by atoms with Gasteiger partial charge in [0.15, 0.2) is 5.78 Å². The quantitative estimate of drug-likeness (QED) is 0.680. The van der Waals surface area contributed by atoms with Gasteiger partial charge in [0.1, 0.15) is 5.75 Å². The van der Waals surface area contributed by atoms with Crippen LogP contribution in [0.4, 0.5) is 0 Å². The molecule has 0 amide bonds. The maximum Gasteiger partial charge on any atom is 0.196 e. The highest BCUT2D eigenvalue weighted by molar-refractivity contribution is 6.45. The fraction of sp³-hybridized carbons (Fsp3) is 0.0714. The van der Waals surface area contributed by atoms with Crippen LogP contribution < -0.4 is 4.74 Å². The Kier molecular flexibility index (Phi) is 4.82. The van der Waals surface area contributed by atoms with Crippen LogP contribution in [0.5, 0.6) is 5.75 Å². The van der Waals surface area contributed by atoms with Crippen molar-refractivity contribution in [3.63, 3.8) is 0 Å². The zero-order valence-electron chi connectivity index (χ0n) is 10.2. The van der Waals surface area contributed by atoms with Gasteiger partial charge in [0.05, 0.1) is 27.2 Å². The monoisotopic (exact) mass is 348 g/mol. The first-order valence-corrected chi connectivity index (χ1v) is 6.98. The first-order chi connectivity index (χ1) is 9.45. The molecule has 0 fully saturated rings. The van der Waals surface area contributed by atoms with Crippen LogP contribution in [0.3, 0.4) is 0 Å². The molecule has 0 saturated heterocycles. The molecule has 0 heterocycles.